The Hall–Kier alpha value is -1.61. The van der Waals surface area contributed by atoms with Crippen LogP contribution in [0, 0.1) is 0 Å². The molecular weight excluding hydrogens is 280 g/mol. The van der Waals surface area contributed by atoms with E-state index in [1.807, 2.05) is 18.4 Å². The number of urea groups is 1. The van der Waals surface area contributed by atoms with Crippen molar-refractivity contribution in [2.24, 2.45) is 5.73 Å². The number of aromatic nitrogens is 3. The second-order valence-corrected chi connectivity index (χ2v) is 5.21. The number of carbonyl (C=O) groups is 2. The summed E-state index contributed by atoms with van der Waals surface area (Å²) in [5.74, 6) is 0.382. The fourth-order valence-electron chi connectivity index (χ4n) is 1.56. The van der Waals surface area contributed by atoms with Crippen LogP contribution in [0.1, 0.15) is 32.6 Å². The van der Waals surface area contributed by atoms with Crippen molar-refractivity contribution in [2.45, 2.75) is 38.5 Å². The molecule has 1 aromatic rings. The second-order valence-electron chi connectivity index (χ2n) is 4.26. The molecule has 0 bridgehead atoms. The summed E-state index contributed by atoms with van der Waals surface area (Å²) in [5.41, 5.74) is 5.59. The van der Waals surface area contributed by atoms with Gasteiger partial charge < -0.3 is 15.6 Å². The van der Waals surface area contributed by atoms with E-state index in [1.165, 1.54) is 11.8 Å². The van der Waals surface area contributed by atoms with E-state index in [4.69, 9.17) is 5.73 Å². The Morgan fingerprint density at radius 3 is 2.65 bits per heavy atom. The van der Waals surface area contributed by atoms with Gasteiger partial charge in [-0.05, 0) is 20.8 Å². The molecule has 0 saturated heterocycles. The van der Waals surface area contributed by atoms with E-state index in [2.05, 4.69) is 20.8 Å². The predicted molar refractivity (Wildman–Crippen MR) is 76.2 cm³/mol. The quantitative estimate of drug-likeness (QED) is 0.649. The highest BCUT2D eigenvalue weighted by atomic mass is 32.2. The number of hydrogen-bond acceptors (Lipinski definition) is 6. The van der Waals surface area contributed by atoms with Gasteiger partial charge in [0.15, 0.2) is 5.16 Å². The zero-order valence-electron chi connectivity index (χ0n) is 11.8. The lowest BCUT2D eigenvalue weighted by Crippen LogP contribution is -2.40. The van der Waals surface area contributed by atoms with Gasteiger partial charge >= 0.3 is 6.03 Å². The number of nitrogens with two attached hydrogens (primary N) is 1. The zero-order valence-corrected chi connectivity index (χ0v) is 12.7. The molecule has 0 saturated carbocycles. The number of hydrogen-bond donors (Lipinski definition) is 3. The smallest absolute Gasteiger partial charge is 0.321 e. The lowest BCUT2D eigenvalue weighted by molar-refractivity contribution is -0.117. The minimum absolute atomic E-state index is 0.0898. The van der Waals surface area contributed by atoms with Crippen molar-refractivity contribution in [1.82, 2.24) is 25.4 Å². The average molecular weight is 300 g/mol. The number of nitrogens with one attached hydrogen (secondary N) is 2. The van der Waals surface area contributed by atoms with Crippen molar-refractivity contribution in [3.05, 3.63) is 5.82 Å². The standard InChI is InChI=1S/C11H20N6O2S/c1-4-13-10(19)14-9(18)6-20-11-16-15-8(5-12)17(11)7(2)3/h7H,4-6,12H2,1-3H3,(H2,13,14,18,19). The van der Waals surface area contributed by atoms with E-state index >= 15 is 0 Å². The van der Waals surface area contributed by atoms with Crippen LogP contribution in [0.2, 0.25) is 0 Å². The zero-order chi connectivity index (χ0) is 15.1. The maximum absolute atomic E-state index is 11.6. The molecule has 0 fully saturated rings. The van der Waals surface area contributed by atoms with E-state index < -0.39 is 6.03 Å². The Morgan fingerprint density at radius 1 is 1.40 bits per heavy atom. The SMILES string of the molecule is CCNC(=O)NC(=O)CSc1nnc(CN)n1C(C)C. The number of imide groups is 1. The molecule has 0 aliphatic rings. The Morgan fingerprint density at radius 2 is 2.10 bits per heavy atom. The molecule has 0 aliphatic carbocycles. The van der Waals surface area contributed by atoms with Gasteiger partial charge in [-0.25, -0.2) is 4.79 Å². The van der Waals surface area contributed by atoms with Gasteiger partial charge in [-0.15, -0.1) is 10.2 Å². The molecule has 1 aromatic heterocycles. The maximum Gasteiger partial charge on any atom is 0.321 e. The Kier molecular flexibility index (Phi) is 6.46. The largest absolute Gasteiger partial charge is 0.338 e. The molecule has 0 radical (unpaired) electrons. The molecule has 0 aromatic carbocycles. The van der Waals surface area contributed by atoms with E-state index in [-0.39, 0.29) is 24.2 Å². The molecule has 1 rings (SSSR count). The number of thioether (sulfide) groups is 1. The van der Waals surface area contributed by atoms with Gasteiger partial charge in [-0.1, -0.05) is 11.8 Å². The Balaban J connectivity index is 2.59. The molecule has 3 amide bonds. The first-order valence-corrected chi connectivity index (χ1v) is 7.32. The summed E-state index contributed by atoms with van der Waals surface area (Å²) in [7, 11) is 0. The average Bonchev–Trinajstić information content (AvgIpc) is 2.79. The number of amides is 3. The van der Waals surface area contributed by atoms with E-state index in [0.29, 0.717) is 17.5 Å². The van der Waals surface area contributed by atoms with Gasteiger partial charge in [0.1, 0.15) is 5.82 Å². The van der Waals surface area contributed by atoms with Gasteiger partial charge in [0.05, 0.1) is 12.3 Å². The van der Waals surface area contributed by atoms with E-state index in [0.717, 1.165) is 0 Å². The van der Waals surface area contributed by atoms with Crippen LogP contribution in [-0.4, -0.2) is 39.0 Å². The van der Waals surface area contributed by atoms with Crippen LogP contribution < -0.4 is 16.4 Å². The highest BCUT2D eigenvalue weighted by molar-refractivity contribution is 7.99. The van der Waals surface area contributed by atoms with Crippen LogP contribution >= 0.6 is 11.8 Å². The molecule has 0 aliphatic heterocycles. The van der Waals surface area contributed by atoms with Crippen LogP contribution in [-0.2, 0) is 11.3 Å². The topological polar surface area (TPSA) is 115 Å². The Bertz CT molecular complexity index is 473. The van der Waals surface area contributed by atoms with Crippen LogP contribution in [0.5, 0.6) is 0 Å². The first-order valence-electron chi connectivity index (χ1n) is 6.33. The minimum Gasteiger partial charge on any atom is -0.338 e. The monoisotopic (exact) mass is 300 g/mol. The fraction of sp³-hybridized carbons (Fsp3) is 0.636. The van der Waals surface area contributed by atoms with Crippen molar-refractivity contribution in [3.63, 3.8) is 0 Å². The fourth-order valence-corrected chi connectivity index (χ4v) is 2.45. The van der Waals surface area contributed by atoms with E-state index in [1.54, 1.807) is 6.92 Å². The summed E-state index contributed by atoms with van der Waals surface area (Å²) < 4.78 is 1.88. The molecule has 0 atom stereocenters. The second kappa shape index (κ2) is 7.85. The van der Waals surface area contributed by atoms with Crippen LogP contribution in [0.25, 0.3) is 0 Å². The lowest BCUT2D eigenvalue weighted by Gasteiger charge is -2.12. The van der Waals surface area contributed by atoms with Crippen LogP contribution in [0.15, 0.2) is 5.16 Å². The van der Waals surface area contributed by atoms with E-state index in [9.17, 15) is 9.59 Å². The first kappa shape index (κ1) is 16.4. The number of nitrogens with zero attached hydrogens (tertiary/aromatic N) is 3. The third kappa shape index (κ3) is 4.49. The summed E-state index contributed by atoms with van der Waals surface area (Å²) in [6, 6.07) is -0.344. The summed E-state index contributed by atoms with van der Waals surface area (Å²) >= 11 is 1.22. The summed E-state index contributed by atoms with van der Waals surface area (Å²) in [6.45, 7) is 6.51. The molecule has 9 heteroatoms. The third-order valence-electron chi connectivity index (χ3n) is 2.36. The third-order valence-corrected chi connectivity index (χ3v) is 3.30. The van der Waals surface area contributed by atoms with Gasteiger partial charge in [0.2, 0.25) is 5.91 Å². The Labute approximate surface area is 121 Å². The van der Waals surface area contributed by atoms with Crippen molar-refractivity contribution in [2.75, 3.05) is 12.3 Å². The van der Waals surface area contributed by atoms with Crippen molar-refractivity contribution in [1.29, 1.82) is 0 Å². The lowest BCUT2D eigenvalue weighted by atomic mass is 10.4. The van der Waals surface area contributed by atoms with Gasteiger partial charge in [-0.2, -0.15) is 0 Å². The maximum atomic E-state index is 11.6. The van der Waals surface area contributed by atoms with Gasteiger partial charge in [-0.3, -0.25) is 10.1 Å². The number of carbonyl (C=O) groups excluding carboxylic acids is 2. The van der Waals surface area contributed by atoms with Gasteiger partial charge in [0.25, 0.3) is 0 Å². The summed E-state index contributed by atoms with van der Waals surface area (Å²) in [4.78, 5) is 22.8. The minimum atomic E-state index is -0.494. The summed E-state index contributed by atoms with van der Waals surface area (Å²) in [5, 5.41) is 13.3. The van der Waals surface area contributed by atoms with Crippen LogP contribution in [0.3, 0.4) is 0 Å². The van der Waals surface area contributed by atoms with Crippen molar-refractivity contribution in [3.8, 4) is 0 Å². The molecule has 112 valence electrons. The van der Waals surface area contributed by atoms with Gasteiger partial charge in [0, 0.05) is 12.6 Å². The molecule has 0 spiro atoms. The van der Waals surface area contributed by atoms with Crippen LogP contribution in [0.4, 0.5) is 4.79 Å². The van der Waals surface area contributed by atoms with Crippen molar-refractivity contribution < 1.29 is 9.59 Å². The summed E-state index contributed by atoms with van der Waals surface area (Å²) in [6.07, 6.45) is 0. The predicted octanol–water partition coefficient (Wildman–Crippen LogP) is 0.256. The highest BCUT2D eigenvalue weighted by Crippen LogP contribution is 2.21. The molecule has 20 heavy (non-hydrogen) atoms. The number of rotatable bonds is 6. The first-order chi connectivity index (χ1) is 9.49. The normalized spacial score (nSPS) is 10.7. The highest BCUT2D eigenvalue weighted by Gasteiger charge is 2.16. The molecule has 8 nitrogen and oxygen atoms in total. The molecule has 4 N–H and O–H groups in total. The molecule has 0 unspecified atom stereocenters. The van der Waals surface area contributed by atoms with Crippen molar-refractivity contribution >= 4 is 23.7 Å². The molecular formula is C11H20N6O2S. The molecule has 1 heterocycles.